The highest BCUT2D eigenvalue weighted by Crippen LogP contribution is 2.43. The summed E-state index contributed by atoms with van der Waals surface area (Å²) >= 11 is 1.87. The van der Waals surface area contributed by atoms with Crippen molar-refractivity contribution in [3.8, 4) is 22.5 Å². The maximum atomic E-state index is 2.47. The van der Waals surface area contributed by atoms with Crippen LogP contribution in [0.5, 0.6) is 0 Å². The Morgan fingerprint density at radius 2 is 1.00 bits per heavy atom. The standard InChI is InChI=1S/C42H26N2S/c1-2-11-28(12-3-1)43-36-18-8-5-14-33(36)41-37(43)26-25-32-31-13-4-7-17-35(31)44(42(32)41)29-23-21-27(22-24-29)30-16-10-20-39-40(30)34-15-6-9-19-38(34)45-39/h1-26H. The highest BCUT2D eigenvalue weighted by Gasteiger charge is 2.20. The first-order valence-corrected chi connectivity index (χ1v) is 16.2. The number of aromatic nitrogens is 2. The largest absolute Gasteiger partial charge is 0.309 e. The first kappa shape index (κ1) is 24.8. The predicted molar refractivity (Wildman–Crippen MR) is 193 cm³/mol. The van der Waals surface area contributed by atoms with E-state index in [0.29, 0.717) is 0 Å². The van der Waals surface area contributed by atoms with E-state index < -0.39 is 0 Å². The molecule has 10 aromatic rings. The number of thiophene rings is 1. The molecule has 3 heterocycles. The summed E-state index contributed by atoms with van der Waals surface area (Å²) in [6.07, 6.45) is 0. The molecule has 45 heavy (non-hydrogen) atoms. The van der Waals surface area contributed by atoms with Crippen LogP contribution in [-0.2, 0) is 0 Å². The van der Waals surface area contributed by atoms with E-state index in [-0.39, 0.29) is 0 Å². The summed E-state index contributed by atoms with van der Waals surface area (Å²) in [5.41, 5.74) is 9.75. The van der Waals surface area contributed by atoms with Crippen LogP contribution in [0.2, 0.25) is 0 Å². The lowest BCUT2D eigenvalue weighted by atomic mass is 9.99. The first-order chi connectivity index (χ1) is 22.3. The lowest BCUT2D eigenvalue weighted by molar-refractivity contribution is 1.17. The van der Waals surface area contributed by atoms with Crippen molar-refractivity contribution in [3.63, 3.8) is 0 Å². The van der Waals surface area contributed by atoms with Crippen molar-refractivity contribution in [2.24, 2.45) is 0 Å². The van der Waals surface area contributed by atoms with Crippen LogP contribution >= 0.6 is 11.3 Å². The van der Waals surface area contributed by atoms with Crippen molar-refractivity contribution < 1.29 is 0 Å². The van der Waals surface area contributed by atoms with Gasteiger partial charge in [0.25, 0.3) is 0 Å². The second-order valence-corrected chi connectivity index (χ2v) is 12.8. The van der Waals surface area contributed by atoms with Crippen LogP contribution in [0.25, 0.3) is 86.3 Å². The van der Waals surface area contributed by atoms with E-state index in [9.17, 15) is 0 Å². The summed E-state index contributed by atoms with van der Waals surface area (Å²) < 4.78 is 7.54. The van der Waals surface area contributed by atoms with E-state index in [4.69, 9.17) is 0 Å². The highest BCUT2D eigenvalue weighted by atomic mass is 32.1. The third-order valence-corrected chi connectivity index (χ3v) is 10.5. The summed E-state index contributed by atoms with van der Waals surface area (Å²) in [4.78, 5) is 0. The predicted octanol–water partition coefficient (Wildman–Crippen LogP) is 11.9. The summed E-state index contributed by atoms with van der Waals surface area (Å²) in [6, 6.07) is 57.6. The van der Waals surface area contributed by atoms with E-state index in [2.05, 4.69) is 167 Å². The Morgan fingerprint density at radius 1 is 0.356 bits per heavy atom. The third kappa shape index (κ3) is 3.50. The minimum absolute atomic E-state index is 1.16. The number of benzene rings is 7. The molecule has 10 rings (SSSR count). The lowest BCUT2D eigenvalue weighted by Crippen LogP contribution is -1.95. The van der Waals surface area contributed by atoms with Crippen molar-refractivity contribution in [3.05, 3.63) is 158 Å². The molecule has 3 heteroatoms. The van der Waals surface area contributed by atoms with Gasteiger partial charge in [0.1, 0.15) is 0 Å². The summed E-state index contributed by atoms with van der Waals surface area (Å²) in [6.45, 7) is 0. The number of hydrogen-bond donors (Lipinski definition) is 0. The average Bonchev–Trinajstić information content (AvgIpc) is 3.76. The zero-order chi connectivity index (χ0) is 29.5. The van der Waals surface area contributed by atoms with E-state index in [1.807, 2.05) is 11.3 Å². The zero-order valence-corrected chi connectivity index (χ0v) is 25.1. The molecule has 0 aliphatic rings. The molecule has 0 N–H and O–H groups in total. The van der Waals surface area contributed by atoms with Gasteiger partial charge in [-0.2, -0.15) is 0 Å². The summed E-state index contributed by atoms with van der Waals surface area (Å²) in [5.74, 6) is 0. The third-order valence-electron chi connectivity index (χ3n) is 9.32. The Morgan fingerprint density at radius 3 is 1.82 bits per heavy atom. The minimum atomic E-state index is 1.16. The second kappa shape index (κ2) is 9.43. The molecule has 0 saturated heterocycles. The van der Waals surface area contributed by atoms with Crippen molar-refractivity contribution in [1.29, 1.82) is 0 Å². The molecule has 3 aromatic heterocycles. The number of rotatable bonds is 3. The fourth-order valence-electron chi connectivity index (χ4n) is 7.44. The molecule has 0 fully saturated rings. The molecule has 210 valence electrons. The fraction of sp³-hybridized carbons (Fsp3) is 0. The van der Waals surface area contributed by atoms with Gasteiger partial charge in [-0.25, -0.2) is 0 Å². The molecule has 0 amide bonds. The topological polar surface area (TPSA) is 9.86 Å². The van der Waals surface area contributed by atoms with Crippen molar-refractivity contribution in [2.75, 3.05) is 0 Å². The van der Waals surface area contributed by atoms with Gasteiger partial charge in [0.15, 0.2) is 0 Å². The highest BCUT2D eigenvalue weighted by molar-refractivity contribution is 7.25. The molecule has 0 aliphatic carbocycles. The van der Waals surface area contributed by atoms with E-state index in [1.54, 1.807) is 0 Å². The van der Waals surface area contributed by atoms with Gasteiger partial charge in [-0.15, -0.1) is 11.3 Å². The van der Waals surface area contributed by atoms with Gasteiger partial charge in [0.2, 0.25) is 0 Å². The van der Waals surface area contributed by atoms with Crippen LogP contribution in [0.4, 0.5) is 0 Å². The van der Waals surface area contributed by atoms with Crippen molar-refractivity contribution in [2.45, 2.75) is 0 Å². The Hall–Kier alpha value is -5.64. The van der Waals surface area contributed by atoms with Gasteiger partial charge in [-0.1, -0.05) is 103 Å². The Kier molecular flexibility index (Phi) is 5.19. The molecule has 0 unspecified atom stereocenters. The fourth-order valence-corrected chi connectivity index (χ4v) is 8.57. The van der Waals surface area contributed by atoms with Gasteiger partial charge in [-0.05, 0) is 65.7 Å². The Balaban J connectivity index is 1.26. The van der Waals surface area contributed by atoms with Crippen LogP contribution in [-0.4, -0.2) is 9.13 Å². The monoisotopic (exact) mass is 590 g/mol. The number of para-hydroxylation sites is 3. The van der Waals surface area contributed by atoms with E-state index >= 15 is 0 Å². The number of hydrogen-bond acceptors (Lipinski definition) is 1. The Labute approximate surface area is 263 Å². The minimum Gasteiger partial charge on any atom is -0.309 e. The zero-order valence-electron chi connectivity index (χ0n) is 24.3. The van der Waals surface area contributed by atoms with Crippen molar-refractivity contribution >= 4 is 75.1 Å². The molecule has 0 bridgehead atoms. The smallest absolute Gasteiger partial charge is 0.0641 e. The SMILES string of the molecule is c1ccc(-n2c3ccccc3c3c2ccc2c4ccccc4n(-c4ccc(-c5cccc6sc7ccccc7c56)cc4)c23)cc1. The van der Waals surface area contributed by atoms with Gasteiger partial charge in [0, 0.05) is 53.1 Å². The van der Waals surface area contributed by atoms with Crippen LogP contribution in [0, 0.1) is 0 Å². The van der Waals surface area contributed by atoms with Gasteiger partial charge < -0.3 is 9.13 Å². The van der Waals surface area contributed by atoms with Gasteiger partial charge in [-0.3, -0.25) is 0 Å². The number of fused-ring (bicyclic) bond motifs is 10. The second-order valence-electron chi connectivity index (χ2n) is 11.7. The average molecular weight is 591 g/mol. The van der Waals surface area contributed by atoms with E-state index in [1.165, 1.54) is 80.6 Å². The summed E-state index contributed by atoms with van der Waals surface area (Å²) in [5, 5.41) is 7.76. The van der Waals surface area contributed by atoms with Crippen LogP contribution in [0.3, 0.4) is 0 Å². The van der Waals surface area contributed by atoms with E-state index in [0.717, 1.165) is 5.69 Å². The molecule has 2 nitrogen and oxygen atoms in total. The molecular formula is C42H26N2S. The van der Waals surface area contributed by atoms with Crippen LogP contribution in [0.1, 0.15) is 0 Å². The molecular weight excluding hydrogens is 565 g/mol. The molecule has 0 aliphatic heterocycles. The Bertz CT molecular complexity index is 2740. The molecule has 0 radical (unpaired) electrons. The normalized spacial score (nSPS) is 12.0. The molecule has 0 spiro atoms. The lowest BCUT2D eigenvalue weighted by Gasteiger charge is -2.11. The van der Waals surface area contributed by atoms with Crippen LogP contribution in [0.15, 0.2) is 158 Å². The molecule has 0 atom stereocenters. The first-order valence-electron chi connectivity index (χ1n) is 15.4. The van der Waals surface area contributed by atoms with Gasteiger partial charge in [0.05, 0.1) is 22.1 Å². The molecule has 0 saturated carbocycles. The maximum absolute atomic E-state index is 2.47. The van der Waals surface area contributed by atoms with Crippen LogP contribution < -0.4 is 0 Å². The van der Waals surface area contributed by atoms with Gasteiger partial charge >= 0.3 is 0 Å². The summed E-state index contributed by atoms with van der Waals surface area (Å²) in [7, 11) is 0. The molecule has 7 aromatic carbocycles. The maximum Gasteiger partial charge on any atom is 0.0641 e. The van der Waals surface area contributed by atoms with Crippen molar-refractivity contribution in [1.82, 2.24) is 9.13 Å². The number of nitrogens with zero attached hydrogens (tertiary/aromatic N) is 2. The quantitative estimate of drug-likeness (QED) is 0.194.